The summed E-state index contributed by atoms with van der Waals surface area (Å²) in [5, 5.41) is 16.6. The Morgan fingerprint density at radius 1 is 1.03 bits per heavy atom. The lowest BCUT2D eigenvalue weighted by Crippen LogP contribution is -2.26. The maximum absolute atomic E-state index is 12.8. The summed E-state index contributed by atoms with van der Waals surface area (Å²) in [5.74, 6) is -0.183. The zero-order valence-electron chi connectivity index (χ0n) is 17.8. The second-order valence-electron chi connectivity index (χ2n) is 7.44. The van der Waals surface area contributed by atoms with Crippen molar-refractivity contribution in [2.45, 2.75) is 18.1 Å². The minimum Gasteiger partial charge on any atom is -0.346 e. The Labute approximate surface area is 190 Å². The van der Waals surface area contributed by atoms with Crippen LogP contribution in [0, 0.1) is 0 Å². The summed E-state index contributed by atoms with van der Waals surface area (Å²) in [6, 6.07) is 21.1. The molecule has 0 saturated carbocycles. The highest BCUT2D eigenvalue weighted by molar-refractivity contribution is 7.99. The largest absolute Gasteiger partial charge is 0.346 e. The van der Waals surface area contributed by atoms with Crippen molar-refractivity contribution >= 4 is 40.0 Å². The number of hydrogen-bond donors (Lipinski definition) is 2. The maximum atomic E-state index is 12.8. The van der Waals surface area contributed by atoms with Gasteiger partial charge in [0.25, 0.3) is 5.91 Å². The van der Waals surface area contributed by atoms with Gasteiger partial charge < -0.3 is 15.2 Å². The number of nitrogens with zero attached hydrogens (tertiary/aromatic N) is 3. The molecule has 8 heteroatoms. The first-order valence-corrected chi connectivity index (χ1v) is 11.1. The Morgan fingerprint density at radius 3 is 2.62 bits per heavy atom. The SMILES string of the molecule is CC(NC(=O)c1cccc(NC(=O)CSc2nncn2C)c1)c1ccc2ccccc2c1. The first-order valence-electron chi connectivity index (χ1n) is 10.2. The van der Waals surface area contributed by atoms with Crippen molar-refractivity contribution in [1.82, 2.24) is 20.1 Å². The average molecular weight is 446 g/mol. The van der Waals surface area contributed by atoms with Crippen molar-refractivity contribution in [3.8, 4) is 0 Å². The van der Waals surface area contributed by atoms with Crippen molar-refractivity contribution in [2.75, 3.05) is 11.1 Å². The highest BCUT2D eigenvalue weighted by atomic mass is 32.2. The van der Waals surface area contributed by atoms with Crippen LogP contribution in [-0.2, 0) is 11.8 Å². The van der Waals surface area contributed by atoms with Gasteiger partial charge in [0.1, 0.15) is 6.33 Å². The molecule has 1 unspecified atom stereocenters. The highest BCUT2D eigenvalue weighted by Crippen LogP contribution is 2.21. The van der Waals surface area contributed by atoms with Crippen LogP contribution < -0.4 is 10.6 Å². The topological polar surface area (TPSA) is 88.9 Å². The van der Waals surface area contributed by atoms with Crippen LogP contribution in [0.2, 0.25) is 0 Å². The van der Waals surface area contributed by atoms with Crippen LogP contribution in [0.4, 0.5) is 5.69 Å². The third kappa shape index (κ3) is 5.15. The van der Waals surface area contributed by atoms with E-state index >= 15 is 0 Å². The molecule has 2 amide bonds. The third-order valence-corrected chi connectivity index (χ3v) is 6.07. The van der Waals surface area contributed by atoms with E-state index in [1.54, 1.807) is 35.2 Å². The zero-order chi connectivity index (χ0) is 22.5. The van der Waals surface area contributed by atoms with Crippen LogP contribution in [0.3, 0.4) is 0 Å². The molecule has 7 nitrogen and oxygen atoms in total. The van der Waals surface area contributed by atoms with Gasteiger partial charge in [-0.2, -0.15) is 0 Å². The lowest BCUT2D eigenvalue weighted by atomic mass is 10.0. The molecule has 4 aromatic rings. The van der Waals surface area contributed by atoms with Crippen LogP contribution >= 0.6 is 11.8 Å². The molecule has 3 aromatic carbocycles. The molecule has 0 aliphatic heterocycles. The van der Waals surface area contributed by atoms with Gasteiger partial charge in [-0.05, 0) is 47.5 Å². The van der Waals surface area contributed by atoms with Crippen molar-refractivity contribution < 1.29 is 9.59 Å². The van der Waals surface area contributed by atoms with E-state index in [0.717, 1.165) is 16.3 Å². The molecule has 0 bridgehead atoms. The molecule has 0 aliphatic carbocycles. The first-order chi connectivity index (χ1) is 15.5. The van der Waals surface area contributed by atoms with Crippen molar-refractivity contribution in [1.29, 1.82) is 0 Å². The standard InChI is InChI=1S/C24H23N5O2S/c1-16(18-11-10-17-6-3-4-7-19(17)12-18)26-23(31)20-8-5-9-21(13-20)27-22(30)14-32-24-28-25-15-29(24)2/h3-13,15-16H,14H2,1-2H3,(H,26,31)(H,27,30). The smallest absolute Gasteiger partial charge is 0.251 e. The Hall–Kier alpha value is -3.65. The van der Waals surface area contributed by atoms with Crippen LogP contribution in [0.25, 0.3) is 10.8 Å². The maximum Gasteiger partial charge on any atom is 0.251 e. The molecular formula is C24H23N5O2S. The van der Waals surface area contributed by atoms with Crippen LogP contribution in [-0.4, -0.2) is 32.3 Å². The number of nitrogens with one attached hydrogen (secondary N) is 2. The molecule has 0 aliphatic rings. The van der Waals surface area contributed by atoms with E-state index in [1.807, 2.05) is 32.2 Å². The van der Waals surface area contributed by atoms with Gasteiger partial charge in [-0.15, -0.1) is 10.2 Å². The number of fused-ring (bicyclic) bond motifs is 1. The zero-order valence-corrected chi connectivity index (χ0v) is 18.6. The predicted molar refractivity (Wildman–Crippen MR) is 127 cm³/mol. The number of carbonyl (C=O) groups excluding carboxylic acids is 2. The van der Waals surface area contributed by atoms with Gasteiger partial charge in [0.05, 0.1) is 11.8 Å². The molecule has 2 N–H and O–H groups in total. The van der Waals surface area contributed by atoms with E-state index in [0.29, 0.717) is 16.4 Å². The fraction of sp³-hybridized carbons (Fsp3) is 0.167. The van der Waals surface area contributed by atoms with Crippen molar-refractivity contribution in [2.24, 2.45) is 7.05 Å². The van der Waals surface area contributed by atoms with E-state index < -0.39 is 0 Å². The molecule has 0 fully saturated rings. The summed E-state index contributed by atoms with van der Waals surface area (Å²) in [6.45, 7) is 1.96. The van der Waals surface area contributed by atoms with E-state index in [4.69, 9.17) is 0 Å². The molecule has 162 valence electrons. The minimum atomic E-state index is -0.199. The Morgan fingerprint density at radius 2 is 1.84 bits per heavy atom. The molecule has 1 atom stereocenters. The summed E-state index contributed by atoms with van der Waals surface area (Å²) in [5.41, 5.74) is 2.08. The summed E-state index contributed by atoms with van der Waals surface area (Å²) in [7, 11) is 1.82. The number of rotatable bonds is 7. The summed E-state index contributed by atoms with van der Waals surface area (Å²) >= 11 is 1.30. The van der Waals surface area contributed by atoms with E-state index in [1.165, 1.54) is 11.8 Å². The third-order valence-electron chi connectivity index (χ3n) is 5.03. The van der Waals surface area contributed by atoms with Gasteiger partial charge in [0, 0.05) is 18.3 Å². The molecule has 0 radical (unpaired) electrons. The normalized spacial score (nSPS) is 11.8. The van der Waals surface area contributed by atoms with Crippen LogP contribution in [0.15, 0.2) is 78.2 Å². The van der Waals surface area contributed by atoms with Crippen LogP contribution in [0.5, 0.6) is 0 Å². The summed E-state index contributed by atoms with van der Waals surface area (Å²) < 4.78 is 1.75. The fourth-order valence-electron chi connectivity index (χ4n) is 3.31. The molecule has 1 aromatic heterocycles. The number of anilines is 1. The fourth-order valence-corrected chi connectivity index (χ4v) is 4.00. The molecule has 0 saturated heterocycles. The molecule has 0 spiro atoms. The van der Waals surface area contributed by atoms with Gasteiger partial charge in [0.2, 0.25) is 5.91 Å². The Balaban J connectivity index is 1.37. The summed E-state index contributed by atoms with van der Waals surface area (Å²) in [4.78, 5) is 25.1. The van der Waals surface area contributed by atoms with Gasteiger partial charge in [-0.1, -0.05) is 54.2 Å². The lowest BCUT2D eigenvalue weighted by Gasteiger charge is -2.16. The molecule has 4 rings (SSSR count). The van der Waals surface area contributed by atoms with E-state index in [2.05, 4.69) is 45.1 Å². The average Bonchev–Trinajstić information content (AvgIpc) is 3.22. The lowest BCUT2D eigenvalue weighted by molar-refractivity contribution is -0.113. The number of aromatic nitrogens is 3. The highest BCUT2D eigenvalue weighted by Gasteiger charge is 2.13. The quantitative estimate of drug-likeness (QED) is 0.417. The van der Waals surface area contributed by atoms with E-state index in [9.17, 15) is 9.59 Å². The van der Waals surface area contributed by atoms with Gasteiger partial charge in [0.15, 0.2) is 5.16 Å². The number of thioether (sulfide) groups is 1. The predicted octanol–water partition coefficient (Wildman–Crippen LogP) is 4.19. The Bertz CT molecular complexity index is 1270. The monoisotopic (exact) mass is 445 g/mol. The van der Waals surface area contributed by atoms with Gasteiger partial charge >= 0.3 is 0 Å². The molecular weight excluding hydrogens is 422 g/mol. The number of hydrogen-bond acceptors (Lipinski definition) is 5. The van der Waals surface area contributed by atoms with Gasteiger partial charge in [-0.3, -0.25) is 9.59 Å². The van der Waals surface area contributed by atoms with Crippen molar-refractivity contribution in [3.05, 3.63) is 84.2 Å². The second-order valence-corrected chi connectivity index (χ2v) is 8.39. The Kier molecular flexibility index (Phi) is 6.51. The molecule has 32 heavy (non-hydrogen) atoms. The number of carbonyl (C=O) groups is 2. The van der Waals surface area contributed by atoms with Gasteiger partial charge in [-0.25, -0.2) is 0 Å². The van der Waals surface area contributed by atoms with Crippen LogP contribution in [0.1, 0.15) is 28.9 Å². The van der Waals surface area contributed by atoms with E-state index in [-0.39, 0.29) is 23.6 Å². The van der Waals surface area contributed by atoms with Crippen molar-refractivity contribution in [3.63, 3.8) is 0 Å². The number of benzene rings is 3. The number of amides is 2. The molecule has 1 heterocycles. The first kappa shape index (κ1) is 21.6. The number of aryl methyl sites for hydroxylation is 1. The summed E-state index contributed by atoms with van der Waals surface area (Å²) in [6.07, 6.45) is 1.58. The minimum absolute atomic E-state index is 0.159. The second kappa shape index (κ2) is 9.65.